The van der Waals surface area contributed by atoms with Crippen LogP contribution >= 0.6 is 11.6 Å². The Kier molecular flexibility index (Phi) is 2.74. The lowest BCUT2D eigenvalue weighted by Crippen LogP contribution is -2.27. The predicted octanol–water partition coefficient (Wildman–Crippen LogP) is 0.796. The first-order valence-corrected chi connectivity index (χ1v) is 7.23. The van der Waals surface area contributed by atoms with Crippen molar-refractivity contribution in [2.45, 2.75) is 0 Å². The van der Waals surface area contributed by atoms with E-state index in [-0.39, 0.29) is 34.7 Å². The Morgan fingerprint density at radius 1 is 1.45 bits per heavy atom. The maximum Gasteiger partial charge on any atom is 0.229 e. The van der Waals surface area contributed by atoms with Crippen LogP contribution in [0.1, 0.15) is 0 Å². The molecule has 2 amide bonds. The number of halogens is 1. The van der Waals surface area contributed by atoms with E-state index in [2.05, 4.69) is 20.6 Å². The van der Waals surface area contributed by atoms with E-state index in [1.807, 2.05) is 0 Å². The van der Waals surface area contributed by atoms with Crippen molar-refractivity contribution < 1.29 is 9.59 Å². The summed E-state index contributed by atoms with van der Waals surface area (Å²) < 4.78 is 0. The van der Waals surface area contributed by atoms with Crippen molar-refractivity contribution in [2.75, 3.05) is 17.6 Å². The fraction of sp³-hybridized carbons (Fsp3) is 0.286. The number of anilines is 2. The van der Waals surface area contributed by atoms with E-state index >= 15 is 0 Å². The lowest BCUT2D eigenvalue weighted by atomic mass is 10.2. The fourth-order valence-corrected chi connectivity index (χ4v) is 3.31. The van der Waals surface area contributed by atoms with Gasteiger partial charge in [0.05, 0.1) is 11.8 Å². The highest BCUT2D eigenvalue weighted by molar-refractivity contribution is 6.30. The van der Waals surface area contributed by atoms with Crippen LogP contribution in [0.3, 0.4) is 0 Å². The number of pyridine rings is 2. The van der Waals surface area contributed by atoms with Crippen molar-refractivity contribution in [2.24, 2.45) is 17.8 Å². The van der Waals surface area contributed by atoms with Gasteiger partial charge in [-0.3, -0.25) is 9.59 Å². The van der Waals surface area contributed by atoms with E-state index in [1.54, 1.807) is 18.3 Å². The number of piperidine rings is 1. The third kappa shape index (κ3) is 1.97. The van der Waals surface area contributed by atoms with Gasteiger partial charge in [0.15, 0.2) is 0 Å². The largest absolute Gasteiger partial charge is 0.383 e. The van der Waals surface area contributed by atoms with Crippen LogP contribution in [0.4, 0.5) is 11.6 Å². The molecule has 0 spiro atoms. The highest BCUT2D eigenvalue weighted by Gasteiger charge is 2.62. The molecule has 2 aromatic heterocycles. The number of hydrogen-bond acceptors (Lipinski definition) is 5. The van der Waals surface area contributed by atoms with Gasteiger partial charge in [0.1, 0.15) is 16.8 Å². The Morgan fingerprint density at radius 3 is 3.00 bits per heavy atom. The molecule has 0 bridgehead atoms. The molecular weight excluding hydrogens is 306 g/mol. The number of carbonyl (C=O) groups excluding carboxylic acids is 2. The summed E-state index contributed by atoms with van der Waals surface area (Å²) in [6, 6.07) is 3.35. The van der Waals surface area contributed by atoms with E-state index < -0.39 is 0 Å². The van der Waals surface area contributed by atoms with Gasteiger partial charge >= 0.3 is 0 Å². The summed E-state index contributed by atoms with van der Waals surface area (Å²) in [5.74, 6) is 0.159. The number of nitrogens with one attached hydrogen (secondary N) is 2. The van der Waals surface area contributed by atoms with Gasteiger partial charge in [-0.15, -0.1) is 0 Å². The van der Waals surface area contributed by atoms with Crippen molar-refractivity contribution in [1.29, 1.82) is 0 Å². The molecule has 2 aromatic rings. The average Bonchev–Trinajstić information content (AvgIpc) is 3.08. The van der Waals surface area contributed by atoms with Crippen molar-refractivity contribution in [3.63, 3.8) is 0 Å². The zero-order valence-electron chi connectivity index (χ0n) is 11.3. The second kappa shape index (κ2) is 4.54. The van der Waals surface area contributed by atoms with Crippen LogP contribution in [0.15, 0.2) is 18.3 Å². The van der Waals surface area contributed by atoms with E-state index in [0.29, 0.717) is 23.6 Å². The quantitative estimate of drug-likeness (QED) is 0.709. The number of amides is 2. The summed E-state index contributed by atoms with van der Waals surface area (Å²) in [6.45, 7) is 0.574. The van der Waals surface area contributed by atoms with Crippen LogP contribution in [0, 0.1) is 17.8 Å². The van der Waals surface area contributed by atoms with Gasteiger partial charge in [-0.05, 0) is 17.5 Å². The van der Waals surface area contributed by atoms with Gasteiger partial charge in [-0.25, -0.2) is 9.97 Å². The van der Waals surface area contributed by atoms with E-state index in [9.17, 15) is 9.59 Å². The molecule has 2 aliphatic rings. The molecule has 1 saturated carbocycles. The zero-order chi connectivity index (χ0) is 15.4. The highest BCUT2D eigenvalue weighted by Crippen LogP contribution is 2.49. The fourth-order valence-electron chi connectivity index (χ4n) is 3.10. The Morgan fingerprint density at radius 2 is 2.27 bits per heavy atom. The molecule has 4 N–H and O–H groups in total. The number of aromatic nitrogens is 2. The second-order valence-corrected chi connectivity index (χ2v) is 5.96. The molecule has 112 valence electrons. The van der Waals surface area contributed by atoms with Gasteiger partial charge in [0.25, 0.3) is 0 Å². The molecule has 0 unspecified atom stereocenters. The van der Waals surface area contributed by atoms with Gasteiger partial charge in [0, 0.05) is 24.0 Å². The first-order valence-electron chi connectivity index (χ1n) is 6.85. The minimum absolute atomic E-state index is 0.0396. The third-order valence-corrected chi connectivity index (χ3v) is 4.44. The summed E-state index contributed by atoms with van der Waals surface area (Å²) in [4.78, 5) is 31.8. The summed E-state index contributed by atoms with van der Waals surface area (Å²) >= 11 is 5.88. The molecule has 4 rings (SSSR count). The highest BCUT2D eigenvalue weighted by atomic mass is 35.5. The molecule has 1 aliphatic heterocycles. The Labute approximate surface area is 130 Å². The molecule has 7 nitrogen and oxygen atoms in total. The van der Waals surface area contributed by atoms with Gasteiger partial charge in [-0.1, -0.05) is 11.6 Å². The third-order valence-electron chi connectivity index (χ3n) is 4.25. The van der Waals surface area contributed by atoms with E-state index in [1.165, 1.54) is 0 Å². The number of carbonyl (C=O) groups is 2. The predicted molar refractivity (Wildman–Crippen MR) is 81.1 cm³/mol. The molecule has 3 heterocycles. The standard InChI is InChI=1S/C14H12ClN5O2/c15-8-1-5-2-9(17-3-6(5)12(16)19-8)20-14(22)11-7-4-18-13(21)10(7)11/h1-3,7,10-11H,4H2,(H2,16,19)(H,18,21)(H,17,20,22)/t7-,10+,11+/m1/s1. The first-order chi connectivity index (χ1) is 10.5. The molecule has 1 saturated heterocycles. The topological polar surface area (TPSA) is 110 Å². The number of fused-ring (bicyclic) bond motifs is 2. The van der Waals surface area contributed by atoms with Gasteiger partial charge in [-0.2, -0.15) is 0 Å². The van der Waals surface area contributed by atoms with Crippen molar-refractivity contribution in [1.82, 2.24) is 15.3 Å². The number of rotatable bonds is 2. The molecule has 3 atom stereocenters. The van der Waals surface area contributed by atoms with Crippen molar-refractivity contribution in [3.8, 4) is 0 Å². The minimum Gasteiger partial charge on any atom is -0.383 e. The molecular formula is C14H12ClN5O2. The molecule has 0 radical (unpaired) electrons. The van der Waals surface area contributed by atoms with Gasteiger partial charge < -0.3 is 16.4 Å². The average molecular weight is 318 g/mol. The van der Waals surface area contributed by atoms with Crippen LogP contribution < -0.4 is 16.4 Å². The Balaban J connectivity index is 1.57. The molecule has 2 fully saturated rings. The van der Waals surface area contributed by atoms with Crippen molar-refractivity contribution >= 4 is 45.8 Å². The zero-order valence-corrected chi connectivity index (χ0v) is 12.1. The lowest BCUT2D eigenvalue weighted by Gasteiger charge is -2.08. The summed E-state index contributed by atoms with van der Waals surface area (Å²) in [6.07, 6.45) is 1.55. The normalized spacial score (nSPS) is 25.7. The molecule has 8 heteroatoms. The maximum absolute atomic E-state index is 12.2. The second-order valence-electron chi connectivity index (χ2n) is 5.57. The number of nitrogen functional groups attached to an aromatic ring is 1. The molecule has 1 aliphatic carbocycles. The van der Waals surface area contributed by atoms with Gasteiger partial charge in [0.2, 0.25) is 11.8 Å². The van der Waals surface area contributed by atoms with Crippen LogP contribution in [0.5, 0.6) is 0 Å². The van der Waals surface area contributed by atoms with Crippen LogP contribution in [-0.2, 0) is 9.59 Å². The molecule has 0 aromatic carbocycles. The first kappa shape index (κ1) is 13.3. The Hall–Kier alpha value is -2.41. The molecule has 22 heavy (non-hydrogen) atoms. The van der Waals surface area contributed by atoms with Crippen LogP contribution in [0.2, 0.25) is 5.15 Å². The minimum atomic E-state index is -0.252. The smallest absolute Gasteiger partial charge is 0.229 e. The monoisotopic (exact) mass is 317 g/mol. The maximum atomic E-state index is 12.2. The number of nitrogens with two attached hydrogens (primary N) is 1. The Bertz CT molecular complexity index is 824. The van der Waals surface area contributed by atoms with Crippen LogP contribution in [-0.4, -0.2) is 28.3 Å². The summed E-state index contributed by atoms with van der Waals surface area (Å²) in [5.41, 5.74) is 5.78. The van der Waals surface area contributed by atoms with Crippen molar-refractivity contribution in [3.05, 3.63) is 23.5 Å². The van der Waals surface area contributed by atoms with E-state index in [0.717, 1.165) is 5.39 Å². The number of hydrogen-bond donors (Lipinski definition) is 3. The SMILES string of the molecule is Nc1nc(Cl)cc2cc(NC(=O)[C@H]3[C@@H]4CNC(=O)[C@@H]43)ncc12. The van der Waals surface area contributed by atoms with E-state index in [4.69, 9.17) is 17.3 Å². The summed E-state index contributed by atoms with van der Waals surface area (Å²) in [5, 5.41) is 7.18. The lowest BCUT2D eigenvalue weighted by molar-refractivity contribution is -0.124. The summed E-state index contributed by atoms with van der Waals surface area (Å²) in [7, 11) is 0. The number of nitrogens with zero attached hydrogens (tertiary/aromatic N) is 2. The van der Waals surface area contributed by atoms with Crippen LogP contribution in [0.25, 0.3) is 10.8 Å².